The predicted octanol–water partition coefficient (Wildman–Crippen LogP) is 3.16. The number of fused-ring (bicyclic) bond motifs is 1. The lowest BCUT2D eigenvalue weighted by Crippen LogP contribution is -2.48. The summed E-state index contributed by atoms with van der Waals surface area (Å²) in [5.74, 6) is 0.836. The van der Waals surface area contributed by atoms with E-state index in [1.807, 2.05) is 32.0 Å². The van der Waals surface area contributed by atoms with Gasteiger partial charge in [0.2, 0.25) is 0 Å². The van der Waals surface area contributed by atoms with Crippen molar-refractivity contribution in [2.75, 3.05) is 19.7 Å². The molecule has 0 aromatic heterocycles. The molecule has 0 unspecified atom stereocenters. The summed E-state index contributed by atoms with van der Waals surface area (Å²) in [7, 11) is 0. The molecule has 122 valence electrons. The highest BCUT2D eigenvalue weighted by Gasteiger charge is 2.43. The number of para-hydroxylation sites is 1. The average Bonchev–Trinajstić information content (AvgIpc) is 2.73. The lowest BCUT2D eigenvalue weighted by atomic mass is 10.0. The number of alkyl halides is 3. The van der Waals surface area contributed by atoms with E-state index in [0.29, 0.717) is 13.1 Å². The molecule has 6 heteroatoms. The lowest BCUT2D eigenvalue weighted by Gasteiger charge is -2.34. The first kappa shape index (κ1) is 15.6. The Balaban J connectivity index is 1.74. The Kier molecular flexibility index (Phi) is 3.85. The number of rotatable bonds is 2. The topological polar surface area (TPSA) is 21.7 Å². The van der Waals surface area contributed by atoms with Crippen LogP contribution in [0, 0.1) is 0 Å². The van der Waals surface area contributed by atoms with Gasteiger partial charge < -0.3 is 9.47 Å². The Morgan fingerprint density at radius 2 is 2.09 bits per heavy atom. The summed E-state index contributed by atoms with van der Waals surface area (Å²) in [6, 6.07) is 5.89. The first-order valence-electron chi connectivity index (χ1n) is 7.45. The molecule has 22 heavy (non-hydrogen) atoms. The molecule has 0 saturated carbocycles. The first-order valence-corrected chi connectivity index (χ1v) is 7.45. The minimum Gasteiger partial charge on any atom is -0.487 e. The van der Waals surface area contributed by atoms with Gasteiger partial charge in [0.15, 0.2) is 6.10 Å². The molecule has 2 aliphatic heterocycles. The predicted molar refractivity (Wildman–Crippen MR) is 75.9 cm³/mol. The summed E-state index contributed by atoms with van der Waals surface area (Å²) < 4.78 is 49.2. The fraction of sp³-hybridized carbons (Fsp3) is 0.625. The van der Waals surface area contributed by atoms with Crippen molar-refractivity contribution in [3.05, 3.63) is 29.3 Å². The highest BCUT2D eigenvalue weighted by Crippen LogP contribution is 2.38. The zero-order valence-corrected chi connectivity index (χ0v) is 12.7. The molecule has 2 heterocycles. The van der Waals surface area contributed by atoms with Crippen LogP contribution >= 0.6 is 0 Å². The maximum Gasteiger partial charge on any atom is 0.415 e. The van der Waals surface area contributed by atoms with Gasteiger partial charge in [-0.3, -0.25) is 4.90 Å². The quantitative estimate of drug-likeness (QED) is 0.837. The maximum absolute atomic E-state index is 12.8. The van der Waals surface area contributed by atoms with Crippen molar-refractivity contribution in [3.63, 3.8) is 0 Å². The summed E-state index contributed by atoms with van der Waals surface area (Å²) in [5.41, 5.74) is 1.83. The van der Waals surface area contributed by atoms with Crippen molar-refractivity contribution < 1.29 is 22.6 Å². The third kappa shape index (κ3) is 3.22. The van der Waals surface area contributed by atoms with E-state index in [-0.39, 0.29) is 18.8 Å². The second kappa shape index (κ2) is 5.42. The number of hydrogen-bond donors (Lipinski definition) is 0. The van der Waals surface area contributed by atoms with Crippen LogP contribution in [0.4, 0.5) is 13.2 Å². The van der Waals surface area contributed by atoms with Gasteiger partial charge in [-0.15, -0.1) is 0 Å². The van der Waals surface area contributed by atoms with Crippen molar-refractivity contribution in [2.24, 2.45) is 0 Å². The molecule has 0 aliphatic carbocycles. The summed E-state index contributed by atoms with van der Waals surface area (Å²) in [5, 5.41) is 0. The number of morpholine rings is 1. The molecular formula is C16H20F3NO2. The van der Waals surface area contributed by atoms with Crippen LogP contribution in [0.2, 0.25) is 0 Å². The maximum atomic E-state index is 12.8. The van der Waals surface area contributed by atoms with Crippen molar-refractivity contribution >= 4 is 0 Å². The average molecular weight is 315 g/mol. The zero-order chi connectivity index (χ0) is 16.0. The minimum absolute atomic E-state index is 0.103. The van der Waals surface area contributed by atoms with E-state index in [9.17, 15) is 13.2 Å². The van der Waals surface area contributed by atoms with Gasteiger partial charge in [-0.1, -0.05) is 18.2 Å². The van der Waals surface area contributed by atoms with Gasteiger partial charge >= 0.3 is 6.18 Å². The molecule has 1 fully saturated rings. The molecule has 0 spiro atoms. The van der Waals surface area contributed by atoms with Gasteiger partial charge in [-0.25, -0.2) is 0 Å². The van der Waals surface area contributed by atoms with Crippen molar-refractivity contribution in [1.82, 2.24) is 4.90 Å². The van der Waals surface area contributed by atoms with Crippen molar-refractivity contribution in [2.45, 2.75) is 44.7 Å². The molecule has 1 atom stereocenters. The number of nitrogens with zero attached hydrogens (tertiary/aromatic N) is 1. The molecule has 1 aromatic rings. The molecule has 3 nitrogen and oxygen atoms in total. The Hall–Kier alpha value is -1.27. The van der Waals surface area contributed by atoms with E-state index in [0.717, 1.165) is 23.3 Å². The van der Waals surface area contributed by atoms with E-state index >= 15 is 0 Å². The number of ether oxygens (including phenoxy) is 2. The zero-order valence-electron chi connectivity index (χ0n) is 12.7. The fourth-order valence-electron chi connectivity index (χ4n) is 3.09. The third-order valence-electron chi connectivity index (χ3n) is 4.08. The highest BCUT2D eigenvalue weighted by molar-refractivity contribution is 5.45. The molecular weight excluding hydrogens is 295 g/mol. The SMILES string of the molecule is CC1(C)Cc2cccc(CN3CCO[C@@H](C(F)(F)F)C3)c2O1. The van der Waals surface area contributed by atoms with Gasteiger partial charge in [0, 0.05) is 31.6 Å². The van der Waals surface area contributed by atoms with Crippen molar-refractivity contribution in [1.29, 1.82) is 0 Å². The van der Waals surface area contributed by atoms with Gasteiger partial charge in [0.05, 0.1) is 6.61 Å². The van der Waals surface area contributed by atoms with E-state index in [1.54, 1.807) is 4.90 Å². The van der Waals surface area contributed by atoms with Crippen LogP contribution in [0.3, 0.4) is 0 Å². The van der Waals surface area contributed by atoms with Crippen LogP contribution in [0.25, 0.3) is 0 Å². The lowest BCUT2D eigenvalue weighted by molar-refractivity contribution is -0.237. The monoisotopic (exact) mass is 315 g/mol. The molecule has 3 rings (SSSR count). The smallest absolute Gasteiger partial charge is 0.415 e. The van der Waals surface area contributed by atoms with Gasteiger partial charge in [-0.05, 0) is 19.4 Å². The number of benzene rings is 1. The summed E-state index contributed by atoms with van der Waals surface area (Å²) in [6.07, 6.45) is -5.18. The molecule has 1 saturated heterocycles. The van der Waals surface area contributed by atoms with Gasteiger partial charge in [-0.2, -0.15) is 13.2 Å². The first-order chi connectivity index (χ1) is 10.2. The molecule has 0 radical (unpaired) electrons. The highest BCUT2D eigenvalue weighted by atomic mass is 19.4. The van der Waals surface area contributed by atoms with Gasteiger partial charge in [0.25, 0.3) is 0 Å². The number of halogens is 3. The molecule has 2 aliphatic rings. The number of hydrogen-bond acceptors (Lipinski definition) is 3. The Morgan fingerprint density at radius 1 is 1.32 bits per heavy atom. The van der Waals surface area contributed by atoms with Crippen LogP contribution in [0.1, 0.15) is 25.0 Å². The van der Waals surface area contributed by atoms with Crippen LogP contribution in [0.5, 0.6) is 5.75 Å². The molecule has 0 N–H and O–H groups in total. The van der Waals surface area contributed by atoms with Crippen LogP contribution in [-0.4, -0.2) is 42.5 Å². The van der Waals surface area contributed by atoms with Crippen LogP contribution in [-0.2, 0) is 17.7 Å². The van der Waals surface area contributed by atoms with Crippen LogP contribution in [0.15, 0.2) is 18.2 Å². The van der Waals surface area contributed by atoms with E-state index < -0.39 is 12.3 Å². The molecule has 0 amide bonds. The standard InChI is InChI=1S/C16H20F3NO2/c1-15(2)8-11-4-3-5-12(14(11)22-15)9-20-6-7-21-13(10-20)16(17,18)19/h3-5,13H,6-10H2,1-2H3/t13-/m1/s1. The Bertz CT molecular complexity index is 557. The van der Waals surface area contributed by atoms with Gasteiger partial charge in [0.1, 0.15) is 11.4 Å². The van der Waals surface area contributed by atoms with Crippen LogP contribution < -0.4 is 4.74 Å². The summed E-state index contributed by atoms with van der Waals surface area (Å²) >= 11 is 0. The third-order valence-corrected chi connectivity index (χ3v) is 4.08. The fourth-order valence-corrected chi connectivity index (χ4v) is 3.09. The Morgan fingerprint density at radius 3 is 2.82 bits per heavy atom. The second-order valence-corrected chi connectivity index (χ2v) is 6.58. The van der Waals surface area contributed by atoms with Crippen molar-refractivity contribution in [3.8, 4) is 5.75 Å². The normalized spacial score (nSPS) is 24.9. The molecule has 1 aromatic carbocycles. The van der Waals surface area contributed by atoms with E-state index in [2.05, 4.69) is 0 Å². The summed E-state index contributed by atoms with van der Waals surface area (Å²) in [6.45, 7) is 4.97. The largest absolute Gasteiger partial charge is 0.487 e. The molecule has 0 bridgehead atoms. The second-order valence-electron chi connectivity index (χ2n) is 6.58. The summed E-state index contributed by atoms with van der Waals surface area (Å²) in [4.78, 5) is 1.78. The Labute approximate surface area is 128 Å². The minimum atomic E-state index is -4.31. The van der Waals surface area contributed by atoms with E-state index in [1.165, 1.54) is 0 Å². The van der Waals surface area contributed by atoms with E-state index in [4.69, 9.17) is 9.47 Å².